The quantitative estimate of drug-likeness (QED) is 0.220. The molecule has 2 fully saturated rings. The Morgan fingerprint density at radius 2 is 1.35 bits per heavy atom. The molecule has 3 aromatic rings. The molecule has 0 aliphatic carbocycles. The number of hydrogen-bond donors (Lipinski definition) is 0. The highest BCUT2D eigenvalue weighted by Crippen LogP contribution is 2.50. The van der Waals surface area contributed by atoms with Crippen LogP contribution in [0.2, 0.25) is 31.2 Å². The zero-order chi connectivity index (χ0) is 33.2. The van der Waals surface area contributed by atoms with Crippen molar-refractivity contribution in [2.24, 2.45) is 5.92 Å². The summed E-state index contributed by atoms with van der Waals surface area (Å²) in [5, 5.41) is 2.94. The number of anilines is 2. The van der Waals surface area contributed by atoms with Crippen LogP contribution in [-0.2, 0) is 20.2 Å². The van der Waals surface area contributed by atoms with E-state index in [0.29, 0.717) is 5.56 Å². The van der Waals surface area contributed by atoms with E-state index in [4.69, 9.17) is 9.16 Å². The van der Waals surface area contributed by atoms with Crippen LogP contribution in [0.15, 0.2) is 54.6 Å². The zero-order valence-corrected chi connectivity index (χ0v) is 31.8. The van der Waals surface area contributed by atoms with E-state index in [1.54, 1.807) is 0 Å². The molecule has 4 heterocycles. The Labute approximate surface area is 278 Å². The lowest BCUT2D eigenvalue weighted by Crippen LogP contribution is -2.64. The molecule has 0 bridgehead atoms. The van der Waals surface area contributed by atoms with Gasteiger partial charge in [0.05, 0.1) is 11.7 Å². The van der Waals surface area contributed by atoms with Gasteiger partial charge in [-0.3, -0.25) is 0 Å². The van der Waals surface area contributed by atoms with Crippen molar-refractivity contribution >= 4 is 44.1 Å². The van der Waals surface area contributed by atoms with E-state index in [0.717, 1.165) is 48.8 Å². The van der Waals surface area contributed by atoms with Gasteiger partial charge in [-0.2, -0.15) is 0 Å². The predicted molar refractivity (Wildman–Crippen MR) is 196 cm³/mol. The van der Waals surface area contributed by atoms with Crippen LogP contribution in [0.5, 0.6) is 0 Å². The molecule has 4 aliphatic rings. The number of ether oxygens (including phenoxy) is 1. The molecule has 7 rings (SSSR count). The summed E-state index contributed by atoms with van der Waals surface area (Å²) in [7, 11) is -4.04. The van der Waals surface area contributed by atoms with Crippen LogP contribution in [0.25, 0.3) is 0 Å². The van der Waals surface area contributed by atoms with E-state index in [1.807, 2.05) is 6.07 Å². The predicted octanol–water partition coefficient (Wildman–Crippen LogP) is 7.25. The van der Waals surface area contributed by atoms with Crippen LogP contribution in [0.4, 0.5) is 11.4 Å². The fourth-order valence-electron chi connectivity index (χ4n) is 7.75. The molecule has 244 valence electrons. The van der Waals surface area contributed by atoms with E-state index in [1.165, 1.54) is 27.3 Å². The van der Waals surface area contributed by atoms with Crippen LogP contribution in [0.3, 0.4) is 0 Å². The lowest BCUT2D eigenvalue weighted by atomic mass is 9.76. The zero-order valence-electron chi connectivity index (χ0n) is 29.8. The SMILES string of the molecule is CC1CN(c2ccc3c(c2)[Si](C)(C)c2cc(N4CC(O[Si](C)(C)C(C)(C)C)C4)ccc2C32OC(=O)c3ccc(C(C)(C)C)cc32)C1. The normalized spacial score (nSPS) is 22.6. The fraction of sp³-hybridized carbons (Fsp3) is 0.513. The van der Waals surface area contributed by atoms with Crippen molar-refractivity contribution in [3.8, 4) is 0 Å². The Balaban J connectivity index is 1.35. The number of carbonyl (C=O) groups excluding carboxylic acids is 1. The van der Waals surface area contributed by atoms with Crippen molar-refractivity contribution in [1.29, 1.82) is 0 Å². The molecule has 0 radical (unpaired) electrons. The van der Waals surface area contributed by atoms with Crippen LogP contribution >= 0.6 is 0 Å². The van der Waals surface area contributed by atoms with Crippen molar-refractivity contribution in [3.63, 3.8) is 0 Å². The maximum Gasteiger partial charge on any atom is 0.340 e. The lowest BCUT2D eigenvalue weighted by Gasteiger charge is -2.48. The van der Waals surface area contributed by atoms with Crippen molar-refractivity contribution in [1.82, 2.24) is 0 Å². The first kappa shape index (κ1) is 31.7. The van der Waals surface area contributed by atoms with Gasteiger partial charge in [0, 0.05) is 54.2 Å². The molecule has 0 aromatic heterocycles. The van der Waals surface area contributed by atoms with Gasteiger partial charge in [-0.1, -0.05) is 79.8 Å². The largest absolute Gasteiger partial charge is 0.441 e. The summed E-state index contributed by atoms with van der Waals surface area (Å²) >= 11 is 0. The third-order valence-electron chi connectivity index (χ3n) is 11.8. The van der Waals surface area contributed by atoms with Crippen LogP contribution in [0.1, 0.15) is 81.1 Å². The number of fused-ring (bicyclic) bond motifs is 6. The molecule has 0 amide bonds. The minimum absolute atomic E-state index is 0.0569. The van der Waals surface area contributed by atoms with Crippen molar-refractivity contribution in [2.75, 3.05) is 36.0 Å². The lowest BCUT2D eigenvalue weighted by molar-refractivity contribution is 0.0255. The molecule has 1 atom stereocenters. The fourth-order valence-corrected chi connectivity index (χ4v) is 12.3. The van der Waals surface area contributed by atoms with Gasteiger partial charge in [-0.05, 0) is 81.8 Å². The third-order valence-corrected chi connectivity index (χ3v) is 19.8. The number of carbonyl (C=O) groups is 1. The molecule has 46 heavy (non-hydrogen) atoms. The number of benzene rings is 3. The second-order valence-corrected chi connectivity index (χ2v) is 26.7. The average Bonchev–Trinajstić information content (AvgIpc) is 3.23. The van der Waals surface area contributed by atoms with Gasteiger partial charge >= 0.3 is 5.97 Å². The van der Waals surface area contributed by atoms with E-state index >= 15 is 0 Å². The monoisotopic (exact) mass is 652 g/mol. The topological polar surface area (TPSA) is 42.0 Å². The van der Waals surface area contributed by atoms with Gasteiger partial charge in [0.25, 0.3) is 0 Å². The highest BCUT2D eigenvalue weighted by atomic mass is 28.4. The summed E-state index contributed by atoms with van der Waals surface area (Å²) in [5.74, 6) is 0.488. The molecule has 2 saturated heterocycles. The summed E-state index contributed by atoms with van der Waals surface area (Å²) in [4.78, 5) is 18.7. The van der Waals surface area contributed by atoms with Gasteiger partial charge in [0.1, 0.15) is 8.07 Å². The Morgan fingerprint density at radius 1 is 0.804 bits per heavy atom. The van der Waals surface area contributed by atoms with Gasteiger partial charge < -0.3 is 19.0 Å². The number of rotatable bonds is 4. The van der Waals surface area contributed by atoms with Crippen LogP contribution in [-0.4, -0.2) is 54.6 Å². The minimum atomic E-state index is -2.22. The Bertz CT molecular complexity index is 1740. The maximum atomic E-state index is 13.8. The highest BCUT2D eigenvalue weighted by Gasteiger charge is 2.56. The summed E-state index contributed by atoms with van der Waals surface area (Å²) in [5.41, 5.74) is 6.69. The first-order valence-electron chi connectivity index (χ1n) is 17.2. The number of esters is 1. The smallest absolute Gasteiger partial charge is 0.340 e. The minimum Gasteiger partial charge on any atom is -0.441 e. The first-order chi connectivity index (χ1) is 21.3. The Morgan fingerprint density at radius 3 is 1.85 bits per heavy atom. The molecule has 1 unspecified atom stereocenters. The number of hydrogen-bond acceptors (Lipinski definition) is 5. The van der Waals surface area contributed by atoms with Gasteiger partial charge in [-0.25, -0.2) is 4.79 Å². The molecule has 1 spiro atoms. The molecule has 0 N–H and O–H groups in total. The number of nitrogens with zero attached hydrogens (tertiary/aromatic N) is 2. The molecule has 7 heteroatoms. The first-order valence-corrected chi connectivity index (χ1v) is 23.1. The molecular weight excluding hydrogens is 601 g/mol. The van der Waals surface area contributed by atoms with Crippen molar-refractivity contribution in [2.45, 2.75) is 96.8 Å². The van der Waals surface area contributed by atoms with E-state index in [2.05, 4.69) is 133 Å². The van der Waals surface area contributed by atoms with E-state index in [-0.39, 0.29) is 22.5 Å². The summed E-state index contributed by atoms with van der Waals surface area (Å²) < 4.78 is 13.5. The molecule has 5 nitrogen and oxygen atoms in total. The Kier molecular flexibility index (Phi) is 6.94. The Hall–Kier alpha value is -2.88. The van der Waals surface area contributed by atoms with Gasteiger partial charge in [0.2, 0.25) is 0 Å². The van der Waals surface area contributed by atoms with Crippen molar-refractivity contribution in [3.05, 3.63) is 82.4 Å². The van der Waals surface area contributed by atoms with E-state index < -0.39 is 22.0 Å². The molecule has 0 saturated carbocycles. The maximum absolute atomic E-state index is 13.8. The molecule has 4 aliphatic heterocycles. The summed E-state index contributed by atoms with van der Waals surface area (Å²) in [6.07, 6.45) is 0.272. The molecular formula is C39H52N2O3Si2. The second kappa shape index (κ2) is 10.1. The summed E-state index contributed by atoms with van der Waals surface area (Å²) in [6.45, 7) is 29.6. The summed E-state index contributed by atoms with van der Waals surface area (Å²) in [6, 6.07) is 20.3. The second-order valence-electron chi connectivity index (χ2n) is 17.6. The van der Waals surface area contributed by atoms with Gasteiger partial charge in [0.15, 0.2) is 13.9 Å². The average molecular weight is 653 g/mol. The standard InChI is InChI=1S/C39H52N2O3Si2/c1-25-21-40(22-25)27-13-16-31-34(19-27)45(8,9)35-20-28(41-23-29(24-41)44-46(10,11)38(5,6)7)14-17-32(35)39(31)33-18-26(37(2,3)4)12-15-30(33)36(42)43-39/h12-20,25,29H,21-24H2,1-11H3. The van der Waals surface area contributed by atoms with Gasteiger partial charge in [-0.15, -0.1) is 0 Å². The van der Waals surface area contributed by atoms with E-state index in [9.17, 15) is 4.79 Å². The van der Waals surface area contributed by atoms with Crippen molar-refractivity contribution < 1.29 is 14.0 Å². The van der Waals surface area contributed by atoms with Crippen LogP contribution < -0.4 is 20.2 Å². The van der Waals surface area contributed by atoms with Crippen LogP contribution in [0, 0.1) is 5.92 Å². The third kappa shape index (κ3) is 4.67. The molecule has 3 aromatic carbocycles. The highest BCUT2D eigenvalue weighted by molar-refractivity contribution is 7.01.